The van der Waals surface area contributed by atoms with E-state index in [4.69, 9.17) is 38.9 Å². The van der Waals surface area contributed by atoms with Crippen LogP contribution in [0.5, 0.6) is 11.5 Å². The number of ether oxygens (including phenoxy) is 4. The molecule has 14 heteroatoms. The molecule has 6 aromatic carbocycles. The van der Waals surface area contributed by atoms with E-state index in [1.807, 2.05) is 149 Å². The number of rotatable bonds is 22. The van der Waals surface area contributed by atoms with Gasteiger partial charge in [0.05, 0.1) is 49.6 Å². The molecule has 12 nitrogen and oxygen atoms in total. The van der Waals surface area contributed by atoms with E-state index in [0.717, 1.165) is 33.0 Å². The fourth-order valence-corrected chi connectivity index (χ4v) is 10.9. The van der Waals surface area contributed by atoms with Gasteiger partial charge in [-0.2, -0.15) is 10.5 Å². The summed E-state index contributed by atoms with van der Waals surface area (Å²) >= 11 is 0. The number of fused-ring (bicyclic) bond motifs is 1. The van der Waals surface area contributed by atoms with Gasteiger partial charge in [-0.15, -0.1) is 0 Å². The van der Waals surface area contributed by atoms with Crippen molar-refractivity contribution in [2.75, 3.05) is 26.4 Å². The third-order valence-corrected chi connectivity index (χ3v) is 14.0. The van der Waals surface area contributed by atoms with Gasteiger partial charge in [-0.3, -0.25) is 0 Å². The molecule has 0 N–H and O–H groups in total. The molecule has 0 aliphatic carbocycles. The second-order valence-electron chi connectivity index (χ2n) is 19.8. The molecule has 0 bridgehead atoms. The van der Waals surface area contributed by atoms with Crippen molar-refractivity contribution in [1.29, 1.82) is 10.5 Å². The highest BCUT2D eigenvalue weighted by Gasteiger charge is 2.38. The van der Waals surface area contributed by atoms with Gasteiger partial charge in [0, 0.05) is 68.9 Å². The zero-order valence-electron chi connectivity index (χ0n) is 46.5. The third kappa shape index (κ3) is 11.7. The lowest BCUT2D eigenvalue weighted by Crippen LogP contribution is -2.54. The fraction of sp³-hybridized carbons (Fsp3) is 0.147. The van der Waals surface area contributed by atoms with Crippen LogP contribution in [0.1, 0.15) is 47.3 Å². The first-order chi connectivity index (χ1) is 40.2. The number of aromatic nitrogens is 6. The van der Waals surface area contributed by atoms with E-state index in [0.29, 0.717) is 106 Å². The van der Waals surface area contributed by atoms with E-state index < -0.39 is 13.7 Å². The molecule has 0 aliphatic rings. The molecule has 10 rings (SSSR count). The molecule has 0 spiro atoms. The molecule has 0 aliphatic heterocycles. The van der Waals surface area contributed by atoms with Crippen molar-refractivity contribution in [2.45, 2.75) is 40.5 Å². The molecular weight excluding hydrogens is 1010 g/mol. The van der Waals surface area contributed by atoms with Gasteiger partial charge in [0.15, 0.2) is 11.6 Å². The maximum atomic E-state index is 12.3. The lowest BCUT2D eigenvalue weighted by atomic mass is 9.50. The molecule has 4 heterocycles. The molecule has 0 fully saturated rings. The zero-order valence-corrected chi connectivity index (χ0v) is 46.5. The second kappa shape index (κ2) is 25.7. The van der Waals surface area contributed by atoms with Crippen molar-refractivity contribution in [1.82, 2.24) is 28.9 Å². The minimum absolute atomic E-state index is 0.214. The predicted octanol–water partition coefficient (Wildman–Crippen LogP) is 9.20. The van der Waals surface area contributed by atoms with Gasteiger partial charge in [-0.1, -0.05) is 181 Å². The minimum Gasteiger partial charge on any atom is -0.502 e. The normalized spacial score (nSPS) is 11.7. The average Bonchev–Trinajstić information content (AvgIpc) is 1.84. The highest BCUT2D eigenvalue weighted by Crippen LogP contribution is 2.38. The number of nitriles is 2. The summed E-state index contributed by atoms with van der Waals surface area (Å²) in [5.41, 5.74) is 9.78. The molecule has 0 saturated carbocycles. The smallest absolute Gasteiger partial charge is 0.328 e. The first kappa shape index (κ1) is 55.2. The Morgan fingerprint density at radius 3 is 1.09 bits per heavy atom. The number of benzene rings is 6. The van der Waals surface area contributed by atoms with Crippen molar-refractivity contribution in [3.05, 3.63) is 253 Å². The van der Waals surface area contributed by atoms with Crippen LogP contribution in [0, 0.1) is 50.4 Å². The van der Waals surface area contributed by atoms with Gasteiger partial charge in [0.1, 0.15) is 34.8 Å². The molecule has 10 aromatic rings. The van der Waals surface area contributed by atoms with Crippen LogP contribution in [0.2, 0.25) is 0 Å². The first-order valence-electron chi connectivity index (χ1n) is 27.3. The lowest BCUT2D eigenvalue weighted by molar-refractivity contribution is 0.209. The second-order valence-corrected chi connectivity index (χ2v) is 19.8. The topological polar surface area (TPSA) is 146 Å². The molecule has 402 valence electrons. The van der Waals surface area contributed by atoms with Crippen LogP contribution in [0.25, 0.3) is 44.4 Å². The summed E-state index contributed by atoms with van der Waals surface area (Å²) in [6.07, 6.45) is 4.09. The van der Waals surface area contributed by atoms with Crippen molar-refractivity contribution in [2.24, 2.45) is 0 Å². The molecule has 0 unspecified atom stereocenters. The van der Waals surface area contributed by atoms with Crippen molar-refractivity contribution >= 4 is 57.5 Å². The largest absolute Gasteiger partial charge is 0.502 e. The number of hydrogen-bond acceptors (Lipinski definition) is 10. The minimum atomic E-state index is -0.613. The Bertz CT molecular complexity index is 3750. The van der Waals surface area contributed by atoms with E-state index in [9.17, 15) is 10.5 Å². The Kier molecular flexibility index (Phi) is 17.3. The first-order valence-corrected chi connectivity index (χ1v) is 27.3. The van der Waals surface area contributed by atoms with E-state index >= 15 is 0 Å². The van der Waals surface area contributed by atoms with Crippen LogP contribution in [0.4, 0.5) is 0 Å². The summed E-state index contributed by atoms with van der Waals surface area (Å²) in [7, 11) is 0. The summed E-state index contributed by atoms with van der Waals surface area (Å²) in [5, 5.41) is 26.9. The van der Waals surface area contributed by atoms with Crippen LogP contribution in [-0.2, 0) is 9.47 Å². The van der Waals surface area contributed by atoms with Crippen LogP contribution < -0.4 is 42.0 Å². The highest BCUT2D eigenvalue weighted by atomic mass is 16.5. The summed E-state index contributed by atoms with van der Waals surface area (Å²) in [6, 6.07) is 66.4. The Morgan fingerprint density at radius 2 is 0.780 bits per heavy atom. The molecular formula is C68H60B2N8O4. The molecule has 0 atom stereocenters. The summed E-state index contributed by atoms with van der Waals surface area (Å²) < 4.78 is 28.6. The van der Waals surface area contributed by atoms with Gasteiger partial charge in [0.25, 0.3) is 0 Å². The molecule has 82 heavy (non-hydrogen) atoms. The van der Waals surface area contributed by atoms with Gasteiger partial charge >= 0.3 is 13.7 Å². The number of hydrogen-bond donors (Lipinski definition) is 0. The Balaban J connectivity index is 1.55. The van der Waals surface area contributed by atoms with Crippen LogP contribution in [-0.4, -0.2) is 69.0 Å². The van der Waals surface area contributed by atoms with Gasteiger partial charge in [-0.25, -0.2) is 19.9 Å². The quantitative estimate of drug-likeness (QED) is 0.0366. The maximum Gasteiger partial charge on any atom is 0.328 e. The van der Waals surface area contributed by atoms with E-state index in [1.54, 1.807) is 0 Å². The van der Waals surface area contributed by atoms with Crippen LogP contribution in [0.3, 0.4) is 0 Å². The van der Waals surface area contributed by atoms with Crippen LogP contribution >= 0.6 is 0 Å². The standard InChI is InChI=1S/C68H60B2N8O4/c1-7-79-37-23-39-81-57-35-21-25-51(43-57)63-61-62(66(60(46-72)68-75-49(5)42-50(6)76-68)77(63)69(53-27-13-9-14-28-53)54-29-15-10-16-30-54)64(52-26-22-36-58(44-52)82-40-24-38-80-8-2)78(65(61)59(45-71)67-73-47(3)41-48(4)74-67)70(55-31-17-11-18-32-55)56-33-19-12-20-34-56/h7-22,25-36,41-44H,1-2,23-24,37-40H2,3-6H3/b65-59-,66-60-. The van der Waals surface area contributed by atoms with Crippen molar-refractivity contribution < 1.29 is 18.9 Å². The van der Waals surface area contributed by atoms with Gasteiger partial charge in [-0.05, 0) is 64.1 Å². The predicted molar refractivity (Wildman–Crippen MR) is 328 cm³/mol. The Labute approximate surface area is 479 Å². The Hall–Kier alpha value is -10.2. The van der Waals surface area contributed by atoms with E-state index in [1.165, 1.54) is 12.5 Å². The zero-order chi connectivity index (χ0) is 57.0. The summed E-state index contributed by atoms with van der Waals surface area (Å²) in [5.74, 6) is 1.70. The van der Waals surface area contributed by atoms with Gasteiger partial charge < -0.3 is 27.9 Å². The summed E-state index contributed by atoms with van der Waals surface area (Å²) in [6.45, 7) is 15.5. The molecule has 4 aromatic heterocycles. The van der Waals surface area contributed by atoms with Crippen LogP contribution in [0.15, 0.2) is 208 Å². The number of aryl methyl sites for hydroxylation is 4. The maximum absolute atomic E-state index is 12.3. The summed E-state index contributed by atoms with van der Waals surface area (Å²) in [4.78, 5) is 20.4. The highest BCUT2D eigenvalue weighted by molar-refractivity contribution is 6.85. The molecule has 0 amide bonds. The van der Waals surface area contributed by atoms with E-state index in [2.05, 4.69) is 94.9 Å². The number of nitrogens with zero attached hydrogens (tertiary/aromatic N) is 8. The average molecular weight is 1070 g/mol. The molecule has 0 radical (unpaired) electrons. The molecule has 0 saturated heterocycles. The fourth-order valence-electron chi connectivity index (χ4n) is 10.9. The van der Waals surface area contributed by atoms with E-state index in [-0.39, 0.29) is 22.8 Å². The van der Waals surface area contributed by atoms with Gasteiger partial charge in [0.2, 0.25) is 0 Å². The monoisotopic (exact) mass is 1070 g/mol. The SMILES string of the molecule is C=COCCCOc1cccc(-c2c3/c(=C(\C#N)c4nc(C)cc(C)n4)n(B(c4ccccc4)c4ccccc4)c(-c4cccc(OCCCOC=C)c4)c3/c(=C(\C#N)c3nc(C)cc(C)n3)n2B(c2ccccc2)c2ccccc2)c1. The van der Waals surface area contributed by atoms with Crippen molar-refractivity contribution in [3.63, 3.8) is 0 Å². The third-order valence-electron chi connectivity index (χ3n) is 14.0. The van der Waals surface area contributed by atoms with Crippen molar-refractivity contribution in [3.8, 4) is 46.2 Å². The lowest BCUT2D eigenvalue weighted by Gasteiger charge is -2.24. The Morgan fingerprint density at radius 1 is 0.451 bits per heavy atom.